The minimum absolute atomic E-state index is 0.200. The van der Waals surface area contributed by atoms with E-state index in [4.69, 9.17) is 16.3 Å². The first-order valence-corrected chi connectivity index (χ1v) is 7.53. The Balaban J connectivity index is 2.13. The van der Waals surface area contributed by atoms with Crippen molar-refractivity contribution in [1.29, 1.82) is 0 Å². The van der Waals surface area contributed by atoms with E-state index in [1.54, 1.807) is 13.2 Å². The van der Waals surface area contributed by atoms with Crippen LogP contribution in [0.2, 0.25) is 0 Å². The normalized spacial score (nSPS) is 22.8. The fraction of sp³-hybridized carbons (Fsp3) is 0.533. The van der Waals surface area contributed by atoms with Gasteiger partial charge in [-0.1, -0.05) is 0 Å². The third kappa shape index (κ3) is 2.31. The van der Waals surface area contributed by atoms with Gasteiger partial charge in [0.05, 0.1) is 23.2 Å². The molecule has 20 heavy (non-hydrogen) atoms. The maximum absolute atomic E-state index is 13.4. The zero-order valence-electron chi connectivity index (χ0n) is 11.5. The summed E-state index contributed by atoms with van der Waals surface area (Å²) >= 11 is 5.89. The standard InChI is InChI=1S/C15H18ClFN2O/c1-20-14-4-2-3-13(14)19-12-6-5-10(17)9-11(12)18-15(19)7-8-16/h5-6,9,13-14H,2-4,7-8H2,1H3. The van der Waals surface area contributed by atoms with E-state index in [9.17, 15) is 4.39 Å². The molecule has 108 valence electrons. The molecule has 2 aromatic rings. The number of fused-ring (bicyclic) bond motifs is 1. The van der Waals surface area contributed by atoms with Crippen molar-refractivity contribution in [3.63, 3.8) is 0 Å². The minimum Gasteiger partial charge on any atom is -0.379 e. The quantitative estimate of drug-likeness (QED) is 0.805. The lowest BCUT2D eigenvalue weighted by molar-refractivity contribution is 0.0753. The molecule has 0 N–H and O–H groups in total. The molecule has 1 fully saturated rings. The second-order valence-electron chi connectivity index (χ2n) is 5.24. The number of imidazole rings is 1. The van der Waals surface area contributed by atoms with Crippen LogP contribution in [0, 0.1) is 5.82 Å². The maximum Gasteiger partial charge on any atom is 0.125 e. The van der Waals surface area contributed by atoms with Gasteiger partial charge >= 0.3 is 0 Å². The summed E-state index contributed by atoms with van der Waals surface area (Å²) in [4.78, 5) is 4.56. The molecule has 1 aromatic carbocycles. The number of nitrogens with zero attached hydrogens (tertiary/aromatic N) is 2. The highest BCUT2D eigenvalue weighted by Crippen LogP contribution is 2.36. The van der Waals surface area contributed by atoms with Crippen molar-refractivity contribution in [2.24, 2.45) is 0 Å². The number of halogens is 2. The number of alkyl halides is 1. The zero-order valence-corrected chi connectivity index (χ0v) is 12.2. The summed E-state index contributed by atoms with van der Waals surface area (Å²) in [6.07, 6.45) is 4.15. The Morgan fingerprint density at radius 3 is 3.05 bits per heavy atom. The topological polar surface area (TPSA) is 27.1 Å². The summed E-state index contributed by atoms with van der Waals surface area (Å²) in [7, 11) is 1.75. The molecule has 3 rings (SSSR count). The summed E-state index contributed by atoms with van der Waals surface area (Å²) in [5.41, 5.74) is 1.67. The highest BCUT2D eigenvalue weighted by atomic mass is 35.5. The first kappa shape index (κ1) is 13.8. The molecule has 2 atom stereocenters. The van der Waals surface area contributed by atoms with Gasteiger partial charge in [-0.3, -0.25) is 0 Å². The van der Waals surface area contributed by atoms with E-state index < -0.39 is 0 Å². The molecule has 0 saturated heterocycles. The van der Waals surface area contributed by atoms with E-state index in [-0.39, 0.29) is 18.0 Å². The Hall–Kier alpha value is -1.13. The first-order valence-electron chi connectivity index (χ1n) is 6.99. The van der Waals surface area contributed by atoms with Crippen LogP contribution in [0.25, 0.3) is 11.0 Å². The van der Waals surface area contributed by atoms with E-state index in [0.717, 1.165) is 30.6 Å². The number of hydrogen-bond donors (Lipinski definition) is 0. The fourth-order valence-corrected chi connectivity index (χ4v) is 3.40. The molecule has 1 aliphatic rings. The van der Waals surface area contributed by atoms with Crippen molar-refractivity contribution < 1.29 is 9.13 Å². The predicted molar refractivity (Wildman–Crippen MR) is 77.8 cm³/mol. The van der Waals surface area contributed by atoms with Gasteiger partial charge < -0.3 is 9.30 Å². The van der Waals surface area contributed by atoms with Crippen molar-refractivity contribution in [2.45, 2.75) is 37.8 Å². The summed E-state index contributed by atoms with van der Waals surface area (Å²) in [5.74, 6) is 1.18. The van der Waals surface area contributed by atoms with Crippen LogP contribution in [0.3, 0.4) is 0 Å². The first-order chi connectivity index (χ1) is 9.74. The van der Waals surface area contributed by atoms with Crippen LogP contribution in [0.5, 0.6) is 0 Å². The van der Waals surface area contributed by atoms with Crippen molar-refractivity contribution in [3.05, 3.63) is 29.8 Å². The number of benzene rings is 1. The predicted octanol–water partition coefficient (Wildman–Crippen LogP) is 3.70. The molecule has 1 saturated carbocycles. The number of aryl methyl sites for hydroxylation is 1. The third-order valence-electron chi connectivity index (χ3n) is 4.09. The van der Waals surface area contributed by atoms with Gasteiger partial charge in [0.2, 0.25) is 0 Å². The second kappa shape index (κ2) is 5.70. The van der Waals surface area contributed by atoms with E-state index in [0.29, 0.717) is 17.8 Å². The lowest BCUT2D eigenvalue weighted by Gasteiger charge is -2.22. The molecule has 0 amide bonds. The minimum atomic E-state index is -0.255. The number of ether oxygens (including phenoxy) is 1. The van der Waals surface area contributed by atoms with E-state index in [2.05, 4.69) is 9.55 Å². The van der Waals surface area contributed by atoms with E-state index in [1.807, 2.05) is 0 Å². The van der Waals surface area contributed by atoms with Crippen LogP contribution >= 0.6 is 11.6 Å². The Bertz CT molecular complexity index is 613. The summed E-state index contributed by atoms with van der Waals surface area (Å²) < 4.78 is 21.2. The Labute approximate surface area is 122 Å². The van der Waals surface area contributed by atoms with Gasteiger partial charge in [-0.15, -0.1) is 11.6 Å². The van der Waals surface area contributed by atoms with E-state index >= 15 is 0 Å². The van der Waals surface area contributed by atoms with Gasteiger partial charge in [-0.25, -0.2) is 9.37 Å². The molecular weight excluding hydrogens is 279 g/mol. The maximum atomic E-state index is 13.4. The molecule has 0 aliphatic heterocycles. The van der Waals surface area contributed by atoms with Crippen LogP contribution in [0.4, 0.5) is 4.39 Å². The number of aromatic nitrogens is 2. The van der Waals surface area contributed by atoms with Crippen LogP contribution in [-0.4, -0.2) is 28.6 Å². The van der Waals surface area contributed by atoms with Crippen molar-refractivity contribution in [1.82, 2.24) is 9.55 Å². The summed E-state index contributed by atoms with van der Waals surface area (Å²) in [6.45, 7) is 0. The highest BCUT2D eigenvalue weighted by molar-refractivity contribution is 6.17. The lowest BCUT2D eigenvalue weighted by Crippen LogP contribution is -2.22. The van der Waals surface area contributed by atoms with Crippen LogP contribution in [0.15, 0.2) is 18.2 Å². The average molecular weight is 297 g/mol. The molecular formula is C15H18ClFN2O. The fourth-order valence-electron chi connectivity index (χ4n) is 3.23. The highest BCUT2D eigenvalue weighted by Gasteiger charge is 2.31. The zero-order chi connectivity index (χ0) is 14.1. The third-order valence-corrected chi connectivity index (χ3v) is 4.28. The number of rotatable bonds is 4. The van der Waals surface area contributed by atoms with Gasteiger partial charge in [0.25, 0.3) is 0 Å². The summed E-state index contributed by atoms with van der Waals surface area (Å²) in [6, 6.07) is 5.05. The molecule has 1 aliphatic carbocycles. The Morgan fingerprint density at radius 1 is 1.45 bits per heavy atom. The monoisotopic (exact) mass is 296 g/mol. The van der Waals surface area contributed by atoms with Gasteiger partial charge in [-0.2, -0.15) is 0 Å². The molecule has 0 bridgehead atoms. The Kier molecular flexibility index (Phi) is 3.94. The van der Waals surface area contributed by atoms with Crippen LogP contribution < -0.4 is 0 Å². The second-order valence-corrected chi connectivity index (χ2v) is 5.62. The molecule has 3 nitrogen and oxygen atoms in total. The van der Waals surface area contributed by atoms with Gasteiger partial charge in [0.1, 0.15) is 11.6 Å². The average Bonchev–Trinajstić information content (AvgIpc) is 3.01. The lowest BCUT2D eigenvalue weighted by atomic mass is 10.2. The van der Waals surface area contributed by atoms with Crippen molar-refractivity contribution in [2.75, 3.05) is 13.0 Å². The van der Waals surface area contributed by atoms with Crippen molar-refractivity contribution in [3.8, 4) is 0 Å². The molecule has 0 radical (unpaired) electrons. The van der Waals surface area contributed by atoms with Gasteiger partial charge in [0.15, 0.2) is 0 Å². The largest absolute Gasteiger partial charge is 0.379 e. The van der Waals surface area contributed by atoms with Gasteiger partial charge in [-0.05, 0) is 31.4 Å². The number of methoxy groups -OCH3 is 1. The van der Waals surface area contributed by atoms with Crippen molar-refractivity contribution >= 4 is 22.6 Å². The molecule has 2 unspecified atom stereocenters. The van der Waals surface area contributed by atoms with Crippen LogP contribution in [-0.2, 0) is 11.2 Å². The SMILES string of the molecule is COC1CCCC1n1c(CCCl)nc2cc(F)ccc21. The Morgan fingerprint density at radius 2 is 2.30 bits per heavy atom. The number of hydrogen-bond acceptors (Lipinski definition) is 2. The molecule has 1 aromatic heterocycles. The molecule has 0 spiro atoms. The molecule has 5 heteroatoms. The van der Waals surface area contributed by atoms with E-state index in [1.165, 1.54) is 12.1 Å². The van der Waals surface area contributed by atoms with Crippen LogP contribution in [0.1, 0.15) is 31.1 Å². The summed E-state index contributed by atoms with van der Waals surface area (Å²) in [5, 5.41) is 0. The van der Waals surface area contributed by atoms with Gasteiger partial charge in [0, 0.05) is 25.5 Å². The smallest absolute Gasteiger partial charge is 0.125 e. The molecule has 1 heterocycles.